The first-order valence-electron chi connectivity index (χ1n) is 6.59. The minimum absolute atomic E-state index is 0.488. The zero-order valence-corrected chi connectivity index (χ0v) is 10.2. The summed E-state index contributed by atoms with van der Waals surface area (Å²) in [5.74, 6) is 0.488. The van der Waals surface area contributed by atoms with Crippen LogP contribution in [0.3, 0.4) is 0 Å². The monoisotopic (exact) mass is 232 g/mol. The molecule has 1 unspecified atom stereocenters. The predicted molar refractivity (Wildman–Crippen MR) is 68.4 cm³/mol. The quantitative estimate of drug-likeness (QED) is 0.762. The van der Waals surface area contributed by atoms with Crippen molar-refractivity contribution in [2.24, 2.45) is 0 Å². The summed E-state index contributed by atoms with van der Waals surface area (Å²) in [5.41, 5.74) is 2.53. The van der Waals surface area contributed by atoms with Gasteiger partial charge in [0, 0.05) is 32.2 Å². The molecule has 92 valence electrons. The molecule has 3 heteroatoms. The third-order valence-corrected chi connectivity index (χ3v) is 4.10. The third-order valence-electron chi connectivity index (χ3n) is 4.10. The van der Waals surface area contributed by atoms with Crippen molar-refractivity contribution < 1.29 is 5.11 Å². The van der Waals surface area contributed by atoms with Gasteiger partial charge in [-0.05, 0) is 36.5 Å². The van der Waals surface area contributed by atoms with Gasteiger partial charge in [0.25, 0.3) is 0 Å². The molecule has 3 rings (SSSR count). The van der Waals surface area contributed by atoms with Crippen LogP contribution in [0, 0.1) is 0 Å². The van der Waals surface area contributed by atoms with Gasteiger partial charge in [-0.1, -0.05) is 12.1 Å². The van der Waals surface area contributed by atoms with Gasteiger partial charge < -0.3 is 10.4 Å². The number of nitrogens with one attached hydrogen (secondary N) is 1. The first-order valence-corrected chi connectivity index (χ1v) is 6.59. The summed E-state index contributed by atoms with van der Waals surface area (Å²) in [7, 11) is 0. The lowest BCUT2D eigenvalue weighted by Crippen LogP contribution is -2.50. The molecule has 0 radical (unpaired) electrons. The average molecular weight is 232 g/mol. The molecule has 1 atom stereocenters. The van der Waals surface area contributed by atoms with Crippen molar-refractivity contribution in [3.63, 3.8) is 0 Å². The second-order valence-electron chi connectivity index (χ2n) is 5.10. The highest BCUT2D eigenvalue weighted by Gasteiger charge is 2.26. The van der Waals surface area contributed by atoms with Crippen LogP contribution in [-0.2, 0) is 12.8 Å². The number of hydrogen-bond acceptors (Lipinski definition) is 3. The number of aryl methyl sites for hydroxylation is 1. The van der Waals surface area contributed by atoms with Crippen LogP contribution >= 0.6 is 0 Å². The van der Waals surface area contributed by atoms with Gasteiger partial charge in [0.15, 0.2) is 0 Å². The van der Waals surface area contributed by atoms with Gasteiger partial charge in [-0.3, -0.25) is 4.90 Å². The molecule has 3 nitrogen and oxygen atoms in total. The summed E-state index contributed by atoms with van der Waals surface area (Å²) in [4.78, 5) is 2.58. The number of benzene rings is 1. The summed E-state index contributed by atoms with van der Waals surface area (Å²) in [6.45, 7) is 4.50. The van der Waals surface area contributed by atoms with E-state index in [4.69, 9.17) is 0 Å². The van der Waals surface area contributed by atoms with Crippen LogP contribution < -0.4 is 5.32 Å². The normalized spacial score (nSPS) is 25.5. The lowest BCUT2D eigenvalue weighted by atomic mass is 9.86. The number of aromatic hydroxyl groups is 1. The molecule has 1 aromatic rings. The predicted octanol–water partition coefficient (Wildman–Crippen LogP) is 1.15. The maximum Gasteiger partial charge on any atom is 0.119 e. The van der Waals surface area contributed by atoms with Crippen LogP contribution in [0.25, 0.3) is 0 Å². The van der Waals surface area contributed by atoms with Crippen molar-refractivity contribution in [1.82, 2.24) is 10.2 Å². The molecule has 1 saturated heterocycles. The second-order valence-corrected chi connectivity index (χ2v) is 5.10. The summed E-state index contributed by atoms with van der Waals surface area (Å²) in [6, 6.07) is 6.55. The Kier molecular flexibility index (Phi) is 3.04. The van der Waals surface area contributed by atoms with Gasteiger partial charge in [0.1, 0.15) is 5.75 Å². The van der Waals surface area contributed by atoms with Gasteiger partial charge in [0.05, 0.1) is 0 Å². The van der Waals surface area contributed by atoms with E-state index in [1.54, 1.807) is 0 Å². The second kappa shape index (κ2) is 4.67. The van der Waals surface area contributed by atoms with Crippen LogP contribution in [0.4, 0.5) is 0 Å². The summed E-state index contributed by atoms with van der Waals surface area (Å²) in [6.07, 6.45) is 3.36. The number of phenolic OH excluding ortho intramolecular Hbond substituents is 1. The number of nitrogens with zero attached hydrogens (tertiary/aromatic N) is 1. The van der Waals surface area contributed by atoms with Crippen LogP contribution in [-0.4, -0.2) is 42.2 Å². The molecule has 1 fully saturated rings. The van der Waals surface area contributed by atoms with Gasteiger partial charge in [0.2, 0.25) is 0 Å². The van der Waals surface area contributed by atoms with Gasteiger partial charge >= 0.3 is 0 Å². The molecule has 17 heavy (non-hydrogen) atoms. The number of rotatable bonds is 1. The Balaban J connectivity index is 1.77. The van der Waals surface area contributed by atoms with Crippen molar-refractivity contribution in [1.29, 1.82) is 0 Å². The van der Waals surface area contributed by atoms with E-state index >= 15 is 0 Å². The first-order chi connectivity index (χ1) is 8.34. The van der Waals surface area contributed by atoms with E-state index in [1.807, 2.05) is 12.1 Å². The Labute approximate surface area is 102 Å². The molecular weight excluding hydrogens is 212 g/mol. The highest BCUT2D eigenvalue weighted by atomic mass is 16.3. The Morgan fingerprint density at radius 1 is 1.24 bits per heavy atom. The largest absolute Gasteiger partial charge is 0.508 e. The zero-order chi connectivity index (χ0) is 11.7. The SMILES string of the molecule is Oc1cccc2c1CC(N1CCNCC1)CC2. The summed E-state index contributed by atoms with van der Waals surface area (Å²) >= 11 is 0. The fourth-order valence-electron chi connectivity index (χ4n) is 3.11. The minimum atomic E-state index is 0.488. The molecule has 2 N–H and O–H groups in total. The van der Waals surface area contributed by atoms with E-state index < -0.39 is 0 Å². The Morgan fingerprint density at radius 2 is 2.06 bits per heavy atom. The Hall–Kier alpha value is -1.06. The van der Waals surface area contributed by atoms with Gasteiger partial charge in [-0.15, -0.1) is 0 Å². The molecule has 0 bridgehead atoms. The minimum Gasteiger partial charge on any atom is -0.508 e. The van der Waals surface area contributed by atoms with Crippen molar-refractivity contribution in [2.75, 3.05) is 26.2 Å². The van der Waals surface area contributed by atoms with Crippen molar-refractivity contribution >= 4 is 0 Å². The Morgan fingerprint density at radius 3 is 2.88 bits per heavy atom. The maximum absolute atomic E-state index is 9.94. The van der Waals surface area contributed by atoms with Crippen molar-refractivity contribution in [3.8, 4) is 5.75 Å². The molecule has 1 aliphatic heterocycles. The fraction of sp³-hybridized carbons (Fsp3) is 0.571. The highest BCUT2D eigenvalue weighted by Crippen LogP contribution is 2.30. The Bertz CT molecular complexity index is 399. The lowest BCUT2D eigenvalue weighted by Gasteiger charge is -2.37. The molecule has 1 heterocycles. The van der Waals surface area contributed by atoms with Gasteiger partial charge in [-0.2, -0.15) is 0 Å². The molecule has 1 aromatic carbocycles. The first kappa shape index (κ1) is 11.1. The van der Waals surface area contributed by atoms with Crippen molar-refractivity contribution in [3.05, 3.63) is 29.3 Å². The molecule has 1 aliphatic carbocycles. The van der Waals surface area contributed by atoms with E-state index in [0.717, 1.165) is 39.0 Å². The third kappa shape index (κ3) is 2.17. The molecule has 0 amide bonds. The van der Waals surface area contributed by atoms with Crippen LogP contribution in [0.1, 0.15) is 17.5 Å². The molecular formula is C14H20N2O. The molecule has 0 saturated carbocycles. The standard InChI is InChI=1S/C14H20N2O/c17-14-3-1-2-11-4-5-12(10-13(11)14)16-8-6-15-7-9-16/h1-3,12,15,17H,4-10H2. The lowest BCUT2D eigenvalue weighted by molar-refractivity contribution is 0.158. The molecule has 0 spiro atoms. The van der Waals surface area contributed by atoms with Crippen molar-refractivity contribution in [2.45, 2.75) is 25.3 Å². The van der Waals surface area contributed by atoms with E-state index in [9.17, 15) is 5.11 Å². The summed E-state index contributed by atoms with van der Waals surface area (Å²) < 4.78 is 0. The number of phenols is 1. The van der Waals surface area contributed by atoms with E-state index in [1.165, 1.54) is 17.5 Å². The smallest absolute Gasteiger partial charge is 0.119 e. The topological polar surface area (TPSA) is 35.5 Å². The highest BCUT2D eigenvalue weighted by molar-refractivity contribution is 5.41. The fourth-order valence-corrected chi connectivity index (χ4v) is 3.11. The number of hydrogen-bond donors (Lipinski definition) is 2. The van der Waals surface area contributed by atoms with E-state index in [0.29, 0.717) is 11.8 Å². The van der Waals surface area contributed by atoms with Crippen LogP contribution in [0.2, 0.25) is 0 Å². The van der Waals surface area contributed by atoms with Crippen LogP contribution in [0.5, 0.6) is 5.75 Å². The molecule has 0 aromatic heterocycles. The molecule has 2 aliphatic rings. The number of fused-ring (bicyclic) bond motifs is 1. The maximum atomic E-state index is 9.94. The average Bonchev–Trinajstić information content (AvgIpc) is 2.40. The van der Waals surface area contributed by atoms with Gasteiger partial charge in [-0.25, -0.2) is 0 Å². The van der Waals surface area contributed by atoms with Crippen LogP contribution in [0.15, 0.2) is 18.2 Å². The zero-order valence-electron chi connectivity index (χ0n) is 10.2. The van der Waals surface area contributed by atoms with E-state index in [2.05, 4.69) is 16.3 Å². The van der Waals surface area contributed by atoms with E-state index in [-0.39, 0.29) is 0 Å². The summed E-state index contributed by atoms with van der Waals surface area (Å²) in [5, 5.41) is 13.3. The number of piperazine rings is 1.